The van der Waals surface area contributed by atoms with Gasteiger partial charge >= 0.3 is 0 Å². The SMILES string of the molecule is [CH]CCC/C=C/C[CH2]. The first-order valence-electron chi connectivity index (χ1n) is 3.06. The van der Waals surface area contributed by atoms with Gasteiger partial charge in [-0.3, -0.25) is 0 Å². The van der Waals surface area contributed by atoms with E-state index in [0.717, 1.165) is 25.7 Å². The van der Waals surface area contributed by atoms with Crippen LogP contribution in [-0.4, -0.2) is 0 Å². The average molecular weight is 109 g/mol. The van der Waals surface area contributed by atoms with E-state index in [2.05, 4.69) is 19.1 Å². The van der Waals surface area contributed by atoms with Crippen molar-refractivity contribution in [1.82, 2.24) is 0 Å². The summed E-state index contributed by atoms with van der Waals surface area (Å²) in [4.78, 5) is 0. The minimum atomic E-state index is 0.793. The fraction of sp³-hybridized carbons (Fsp3) is 0.500. The summed E-state index contributed by atoms with van der Waals surface area (Å²) in [6.07, 6.45) is 8.07. The van der Waals surface area contributed by atoms with Crippen molar-refractivity contribution in [2.24, 2.45) is 0 Å². The van der Waals surface area contributed by atoms with Crippen molar-refractivity contribution in [1.29, 1.82) is 0 Å². The van der Waals surface area contributed by atoms with Gasteiger partial charge < -0.3 is 0 Å². The number of unbranched alkanes of at least 4 members (excludes halogenated alkanes) is 2. The standard InChI is InChI=1S/C8H13/c1-3-5-7-8-6-4-2/h1,6,8H,2-5,7H2/b8-6+. The lowest BCUT2D eigenvalue weighted by atomic mass is 10.2. The molecule has 0 nitrogen and oxygen atoms in total. The van der Waals surface area contributed by atoms with Crippen LogP contribution in [0, 0.1) is 13.8 Å². The Labute approximate surface area is 52.6 Å². The quantitative estimate of drug-likeness (QED) is 0.384. The minimum absolute atomic E-state index is 0.793. The highest BCUT2D eigenvalue weighted by atomic mass is 13.8. The van der Waals surface area contributed by atoms with Crippen LogP contribution in [0.2, 0.25) is 0 Å². The van der Waals surface area contributed by atoms with E-state index in [0.29, 0.717) is 0 Å². The van der Waals surface area contributed by atoms with Gasteiger partial charge in [-0.1, -0.05) is 12.2 Å². The van der Waals surface area contributed by atoms with Crippen LogP contribution in [0.3, 0.4) is 0 Å². The Bertz CT molecular complexity index is 53.1. The van der Waals surface area contributed by atoms with Crippen molar-refractivity contribution in [3.63, 3.8) is 0 Å². The number of rotatable bonds is 4. The van der Waals surface area contributed by atoms with Gasteiger partial charge in [0.2, 0.25) is 0 Å². The monoisotopic (exact) mass is 109 g/mol. The molecule has 45 valence electrons. The van der Waals surface area contributed by atoms with Gasteiger partial charge in [0.1, 0.15) is 0 Å². The molecule has 0 aliphatic carbocycles. The normalized spacial score (nSPS) is 10.8. The summed E-state index contributed by atoms with van der Waals surface area (Å²) in [7, 11) is 0. The highest BCUT2D eigenvalue weighted by molar-refractivity contribution is 4.81. The summed E-state index contributed by atoms with van der Waals surface area (Å²) in [6, 6.07) is 0. The van der Waals surface area contributed by atoms with Crippen LogP contribution >= 0.6 is 0 Å². The summed E-state index contributed by atoms with van der Waals surface area (Å²) in [5.74, 6) is 0. The fourth-order valence-electron chi connectivity index (χ4n) is 0.471. The number of allylic oxidation sites excluding steroid dienone is 2. The largest absolute Gasteiger partial charge is 0.0885 e. The van der Waals surface area contributed by atoms with Gasteiger partial charge in [0.05, 0.1) is 0 Å². The van der Waals surface area contributed by atoms with Gasteiger partial charge in [0.25, 0.3) is 0 Å². The summed E-state index contributed by atoms with van der Waals surface area (Å²) < 4.78 is 0. The van der Waals surface area contributed by atoms with Gasteiger partial charge in [-0.2, -0.15) is 0 Å². The molecule has 0 aromatic heterocycles. The molecule has 0 N–H and O–H groups in total. The molecule has 0 saturated carbocycles. The second-order valence-corrected chi connectivity index (χ2v) is 1.69. The second-order valence-electron chi connectivity index (χ2n) is 1.69. The van der Waals surface area contributed by atoms with Gasteiger partial charge in [0, 0.05) is 0 Å². The Hall–Kier alpha value is -0.260. The lowest BCUT2D eigenvalue weighted by Gasteiger charge is -1.85. The molecule has 0 heteroatoms. The number of hydrogen-bond donors (Lipinski definition) is 0. The second kappa shape index (κ2) is 6.74. The minimum Gasteiger partial charge on any atom is -0.0885 e. The van der Waals surface area contributed by atoms with Crippen molar-refractivity contribution in [2.45, 2.75) is 25.7 Å². The smallest absolute Gasteiger partial charge is 0.0351 e. The Morgan fingerprint density at radius 2 is 2.12 bits per heavy atom. The average Bonchev–Trinajstić information content (AvgIpc) is 1.81. The van der Waals surface area contributed by atoms with E-state index in [1.165, 1.54) is 0 Å². The molecule has 0 heterocycles. The fourth-order valence-corrected chi connectivity index (χ4v) is 0.471. The zero-order valence-electron chi connectivity index (χ0n) is 5.27. The molecule has 0 amide bonds. The van der Waals surface area contributed by atoms with Crippen LogP contribution in [-0.2, 0) is 0 Å². The predicted molar refractivity (Wildman–Crippen MR) is 37.3 cm³/mol. The van der Waals surface area contributed by atoms with Crippen LogP contribution in [0.1, 0.15) is 25.7 Å². The molecule has 0 rings (SSSR count). The van der Waals surface area contributed by atoms with Gasteiger partial charge in [0.15, 0.2) is 0 Å². The van der Waals surface area contributed by atoms with E-state index < -0.39 is 0 Å². The van der Waals surface area contributed by atoms with Crippen molar-refractivity contribution < 1.29 is 0 Å². The highest BCUT2D eigenvalue weighted by Crippen LogP contribution is 1.94. The lowest BCUT2D eigenvalue weighted by Crippen LogP contribution is -1.65. The van der Waals surface area contributed by atoms with E-state index in [4.69, 9.17) is 6.92 Å². The topological polar surface area (TPSA) is 0 Å². The van der Waals surface area contributed by atoms with Crippen LogP contribution < -0.4 is 0 Å². The Morgan fingerprint density at radius 1 is 1.38 bits per heavy atom. The summed E-state index contributed by atoms with van der Waals surface area (Å²) in [6.45, 7) is 8.93. The molecule has 0 aliphatic rings. The van der Waals surface area contributed by atoms with E-state index >= 15 is 0 Å². The van der Waals surface area contributed by atoms with E-state index in [1.54, 1.807) is 0 Å². The predicted octanol–water partition coefficient (Wildman–Crippen LogP) is 2.65. The molecule has 3 radical (unpaired) electrons. The van der Waals surface area contributed by atoms with Crippen molar-refractivity contribution >= 4 is 0 Å². The molecule has 0 saturated heterocycles. The Morgan fingerprint density at radius 3 is 2.62 bits per heavy atom. The van der Waals surface area contributed by atoms with Crippen LogP contribution in [0.25, 0.3) is 0 Å². The van der Waals surface area contributed by atoms with E-state index in [-0.39, 0.29) is 0 Å². The van der Waals surface area contributed by atoms with Crippen LogP contribution in [0.4, 0.5) is 0 Å². The van der Waals surface area contributed by atoms with Gasteiger partial charge in [-0.25, -0.2) is 0 Å². The Balaban J connectivity index is 2.80. The first kappa shape index (κ1) is 7.74. The zero-order valence-corrected chi connectivity index (χ0v) is 5.27. The van der Waals surface area contributed by atoms with Crippen LogP contribution in [0.15, 0.2) is 12.2 Å². The zero-order chi connectivity index (χ0) is 6.24. The highest BCUT2D eigenvalue weighted by Gasteiger charge is 1.74. The first-order valence-corrected chi connectivity index (χ1v) is 3.06. The molecule has 0 spiro atoms. The van der Waals surface area contributed by atoms with Crippen molar-refractivity contribution in [3.05, 3.63) is 26.0 Å². The van der Waals surface area contributed by atoms with Crippen LogP contribution in [0.5, 0.6) is 0 Å². The van der Waals surface area contributed by atoms with E-state index in [9.17, 15) is 0 Å². The summed E-state index contributed by atoms with van der Waals surface area (Å²) in [5, 5.41) is 0. The maximum absolute atomic E-state index is 5.26. The third kappa shape index (κ3) is 5.74. The maximum Gasteiger partial charge on any atom is -0.0351 e. The molecule has 0 atom stereocenters. The molecule has 0 fully saturated rings. The number of hydrogen-bond acceptors (Lipinski definition) is 0. The molecule has 8 heavy (non-hydrogen) atoms. The summed E-state index contributed by atoms with van der Waals surface area (Å²) >= 11 is 0. The Kier molecular flexibility index (Phi) is 6.52. The molecule has 0 aromatic carbocycles. The lowest BCUT2D eigenvalue weighted by molar-refractivity contribution is 0.864. The molecule has 0 aliphatic heterocycles. The molecule has 0 bridgehead atoms. The third-order valence-corrected chi connectivity index (χ3v) is 0.908. The van der Waals surface area contributed by atoms with Crippen molar-refractivity contribution in [3.8, 4) is 0 Å². The third-order valence-electron chi connectivity index (χ3n) is 0.908. The molecule has 0 unspecified atom stereocenters. The molecular weight excluding hydrogens is 96.1 g/mol. The maximum atomic E-state index is 5.26. The molecule has 0 aromatic rings. The molecular formula is C8H13. The van der Waals surface area contributed by atoms with Gasteiger partial charge in [-0.15, -0.1) is 0 Å². The summed E-state index contributed by atoms with van der Waals surface area (Å²) in [5.41, 5.74) is 0. The van der Waals surface area contributed by atoms with E-state index in [1.807, 2.05) is 0 Å². The van der Waals surface area contributed by atoms with Gasteiger partial charge in [-0.05, 0) is 39.5 Å². The van der Waals surface area contributed by atoms with Crippen molar-refractivity contribution in [2.75, 3.05) is 0 Å². The first-order chi connectivity index (χ1) is 3.91.